The number of urea groups is 1. The molecule has 0 radical (unpaired) electrons. The Hall–Kier alpha value is -1.30. The summed E-state index contributed by atoms with van der Waals surface area (Å²) in [6.45, 7) is 6.38. The lowest BCUT2D eigenvalue weighted by molar-refractivity contribution is -0.137. The fourth-order valence-corrected chi connectivity index (χ4v) is 1.14. The van der Waals surface area contributed by atoms with Gasteiger partial charge in [0.25, 0.3) is 0 Å². The average Bonchev–Trinajstić information content (AvgIpc) is 2.12. The van der Waals surface area contributed by atoms with Gasteiger partial charge in [-0.2, -0.15) is 0 Å². The molecule has 0 aromatic rings. The van der Waals surface area contributed by atoms with Crippen LogP contribution in [0.25, 0.3) is 0 Å². The number of carbonyl (C=O) groups excluding carboxylic acids is 1. The van der Waals surface area contributed by atoms with E-state index in [2.05, 4.69) is 10.6 Å². The molecule has 0 aromatic heterocycles. The van der Waals surface area contributed by atoms with E-state index in [1.807, 2.05) is 13.8 Å². The first-order valence-corrected chi connectivity index (χ1v) is 5.32. The van der Waals surface area contributed by atoms with E-state index in [-0.39, 0.29) is 18.5 Å². The molecule has 0 spiro atoms. The maximum atomic E-state index is 11.3. The molecule has 0 aromatic carbocycles. The number of carboxylic acids is 1. The topological polar surface area (TPSA) is 87.7 Å². The van der Waals surface area contributed by atoms with Crippen LogP contribution < -0.4 is 10.6 Å². The Kier molecular flexibility index (Phi) is 7.28. The van der Waals surface area contributed by atoms with E-state index < -0.39 is 12.0 Å². The quantitative estimate of drug-likeness (QED) is 0.599. The number of nitrogens with one attached hydrogen (secondary N) is 2. The van der Waals surface area contributed by atoms with Crippen molar-refractivity contribution in [1.82, 2.24) is 10.6 Å². The molecule has 0 fully saturated rings. The molecule has 0 saturated heterocycles. The normalized spacial score (nSPS) is 13.9. The zero-order valence-corrected chi connectivity index (χ0v) is 9.95. The first kappa shape index (κ1) is 14.7. The van der Waals surface area contributed by atoms with Gasteiger partial charge in [0.1, 0.15) is 0 Å². The largest absolute Gasteiger partial charge is 0.481 e. The van der Waals surface area contributed by atoms with Gasteiger partial charge in [-0.05, 0) is 20.8 Å². The maximum absolute atomic E-state index is 11.3. The van der Waals surface area contributed by atoms with Crippen LogP contribution in [0.15, 0.2) is 0 Å². The maximum Gasteiger partial charge on any atom is 0.315 e. The second-order valence-electron chi connectivity index (χ2n) is 3.68. The zero-order chi connectivity index (χ0) is 12.6. The van der Waals surface area contributed by atoms with Crippen molar-refractivity contribution in [3.05, 3.63) is 0 Å². The second-order valence-corrected chi connectivity index (χ2v) is 3.68. The van der Waals surface area contributed by atoms with Crippen molar-refractivity contribution in [2.75, 3.05) is 13.2 Å². The highest BCUT2D eigenvalue weighted by Gasteiger charge is 2.12. The molecule has 0 aliphatic rings. The number of carbonyl (C=O) groups is 2. The van der Waals surface area contributed by atoms with Gasteiger partial charge < -0.3 is 20.5 Å². The molecule has 0 heterocycles. The number of rotatable bonds is 7. The van der Waals surface area contributed by atoms with Gasteiger partial charge in [-0.25, -0.2) is 4.79 Å². The van der Waals surface area contributed by atoms with Crippen molar-refractivity contribution in [3.8, 4) is 0 Å². The Balaban J connectivity index is 3.76. The van der Waals surface area contributed by atoms with Gasteiger partial charge in [0, 0.05) is 12.6 Å². The van der Waals surface area contributed by atoms with Crippen molar-refractivity contribution in [3.63, 3.8) is 0 Å². The summed E-state index contributed by atoms with van der Waals surface area (Å²) in [7, 11) is 0. The smallest absolute Gasteiger partial charge is 0.315 e. The fourth-order valence-electron chi connectivity index (χ4n) is 1.14. The highest BCUT2D eigenvalue weighted by Crippen LogP contribution is 1.91. The monoisotopic (exact) mass is 232 g/mol. The Morgan fingerprint density at radius 2 is 1.81 bits per heavy atom. The van der Waals surface area contributed by atoms with Gasteiger partial charge in [-0.3, -0.25) is 4.79 Å². The number of hydrogen-bond donors (Lipinski definition) is 3. The number of aliphatic carboxylic acids is 1. The molecule has 0 aliphatic heterocycles. The van der Waals surface area contributed by atoms with Gasteiger partial charge in [-0.1, -0.05) is 0 Å². The summed E-state index contributed by atoms with van der Waals surface area (Å²) in [6.07, 6.45) is -0.0900. The van der Waals surface area contributed by atoms with Crippen LogP contribution in [0.5, 0.6) is 0 Å². The molecule has 6 heteroatoms. The Labute approximate surface area is 95.4 Å². The fraction of sp³-hybridized carbons (Fsp3) is 0.800. The summed E-state index contributed by atoms with van der Waals surface area (Å²) in [5, 5.41) is 13.7. The van der Waals surface area contributed by atoms with Crippen molar-refractivity contribution in [2.45, 2.75) is 39.3 Å². The van der Waals surface area contributed by atoms with Crippen molar-refractivity contribution >= 4 is 12.0 Å². The first-order valence-electron chi connectivity index (χ1n) is 5.32. The van der Waals surface area contributed by atoms with E-state index >= 15 is 0 Å². The molecular weight excluding hydrogens is 212 g/mol. The summed E-state index contributed by atoms with van der Waals surface area (Å²) in [6, 6.07) is -0.866. The molecule has 2 atom stereocenters. The van der Waals surface area contributed by atoms with Crippen LogP contribution in [0.3, 0.4) is 0 Å². The predicted octanol–water partition coefficient (Wildman–Crippen LogP) is 0.574. The molecule has 16 heavy (non-hydrogen) atoms. The second kappa shape index (κ2) is 7.92. The highest BCUT2D eigenvalue weighted by molar-refractivity contribution is 5.75. The SMILES string of the molecule is CCOCC(C)NC(=O)NC(C)CC(=O)O. The number of carboxylic acid groups (broad SMARTS) is 1. The average molecular weight is 232 g/mol. The Morgan fingerprint density at radius 3 is 2.31 bits per heavy atom. The van der Waals surface area contributed by atoms with Gasteiger partial charge in [0.15, 0.2) is 0 Å². The number of hydrogen-bond acceptors (Lipinski definition) is 3. The van der Waals surface area contributed by atoms with E-state index in [9.17, 15) is 9.59 Å². The van der Waals surface area contributed by atoms with Crippen LogP contribution in [-0.2, 0) is 9.53 Å². The van der Waals surface area contributed by atoms with Crippen LogP contribution in [-0.4, -0.2) is 42.4 Å². The van der Waals surface area contributed by atoms with Gasteiger partial charge in [-0.15, -0.1) is 0 Å². The molecule has 0 aliphatic carbocycles. The van der Waals surface area contributed by atoms with Gasteiger partial charge in [0.05, 0.1) is 19.1 Å². The standard InChI is InChI=1S/C10H20N2O4/c1-4-16-6-8(3)12-10(15)11-7(2)5-9(13)14/h7-8H,4-6H2,1-3H3,(H,13,14)(H2,11,12,15). The van der Waals surface area contributed by atoms with E-state index in [1.54, 1.807) is 6.92 Å². The van der Waals surface area contributed by atoms with Crippen LogP contribution in [0.1, 0.15) is 27.2 Å². The molecule has 94 valence electrons. The summed E-state index contributed by atoms with van der Waals surface area (Å²) < 4.78 is 5.13. The summed E-state index contributed by atoms with van der Waals surface area (Å²) in [5.41, 5.74) is 0. The molecule has 0 bridgehead atoms. The Morgan fingerprint density at radius 1 is 1.25 bits per heavy atom. The van der Waals surface area contributed by atoms with E-state index in [0.29, 0.717) is 13.2 Å². The van der Waals surface area contributed by atoms with Crippen molar-refractivity contribution < 1.29 is 19.4 Å². The minimum Gasteiger partial charge on any atom is -0.481 e. The minimum atomic E-state index is -0.935. The van der Waals surface area contributed by atoms with Crippen molar-refractivity contribution in [1.29, 1.82) is 0 Å². The number of ether oxygens (including phenoxy) is 1. The third kappa shape index (κ3) is 8.05. The molecule has 0 saturated carbocycles. The van der Waals surface area contributed by atoms with Crippen LogP contribution in [0.2, 0.25) is 0 Å². The molecule has 0 rings (SSSR count). The minimum absolute atomic E-state index is 0.0900. The third-order valence-electron chi connectivity index (χ3n) is 1.81. The molecule has 3 N–H and O–H groups in total. The van der Waals surface area contributed by atoms with Crippen LogP contribution in [0.4, 0.5) is 4.79 Å². The summed E-state index contributed by atoms with van der Waals surface area (Å²) in [5.74, 6) is -0.935. The lowest BCUT2D eigenvalue weighted by atomic mass is 10.2. The number of amides is 2. The Bertz CT molecular complexity index is 233. The van der Waals surface area contributed by atoms with E-state index in [1.165, 1.54) is 0 Å². The lowest BCUT2D eigenvalue weighted by Gasteiger charge is -2.17. The van der Waals surface area contributed by atoms with Gasteiger partial charge in [0.2, 0.25) is 0 Å². The van der Waals surface area contributed by atoms with E-state index in [4.69, 9.17) is 9.84 Å². The molecular formula is C10H20N2O4. The molecule has 2 unspecified atom stereocenters. The van der Waals surface area contributed by atoms with Crippen LogP contribution in [0, 0.1) is 0 Å². The third-order valence-corrected chi connectivity index (χ3v) is 1.81. The zero-order valence-electron chi connectivity index (χ0n) is 9.95. The lowest BCUT2D eigenvalue weighted by Crippen LogP contribution is -2.46. The first-order chi connectivity index (χ1) is 7.45. The summed E-state index contributed by atoms with van der Waals surface area (Å²) >= 11 is 0. The van der Waals surface area contributed by atoms with Crippen LogP contribution >= 0.6 is 0 Å². The van der Waals surface area contributed by atoms with Gasteiger partial charge >= 0.3 is 12.0 Å². The molecule has 6 nitrogen and oxygen atoms in total. The highest BCUT2D eigenvalue weighted by atomic mass is 16.5. The summed E-state index contributed by atoms with van der Waals surface area (Å²) in [4.78, 5) is 21.7. The predicted molar refractivity (Wildman–Crippen MR) is 59.3 cm³/mol. The van der Waals surface area contributed by atoms with E-state index in [0.717, 1.165) is 0 Å². The van der Waals surface area contributed by atoms with Crippen molar-refractivity contribution in [2.24, 2.45) is 0 Å². The molecule has 2 amide bonds.